The molecule has 12 heteroatoms. The molecule has 1 fully saturated rings. The van der Waals surface area contributed by atoms with E-state index in [-0.39, 0.29) is 30.9 Å². The fourth-order valence-electron chi connectivity index (χ4n) is 4.61. The Morgan fingerprint density at radius 3 is 2.50 bits per heavy atom. The van der Waals surface area contributed by atoms with Crippen molar-refractivity contribution < 1.29 is 27.8 Å². The zero-order chi connectivity index (χ0) is 27.8. The lowest BCUT2D eigenvalue weighted by Crippen LogP contribution is -2.56. The summed E-state index contributed by atoms with van der Waals surface area (Å²) in [6.45, 7) is 10.5. The third-order valence-electron chi connectivity index (χ3n) is 6.29. The minimum Gasteiger partial charge on any atom is -0.473 e. The van der Waals surface area contributed by atoms with E-state index in [2.05, 4.69) is 10.3 Å². The van der Waals surface area contributed by atoms with Gasteiger partial charge in [0.1, 0.15) is 18.0 Å². The fraction of sp³-hybridized carbons (Fsp3) is 0.538. The van der Waals surface area contributed by atoms with E-state index >= 15 is 0 Å². The van der Waals surface area contributed by atoms with Gasteiger partial charge < -0.3 is 24.6 Å². The van der Waals surface area contributed by atoms with Crippen LogP contribution in [0.2, 0.25) is 0 Å². The number of anilines is 1. The summed E-state index contributed by atoms with van der Waals surface area (Å²) < 4.78 is 39.1. The van der Waals surface area contributed by atoms with Crippen molar-refractivity contribution in [2.24, 2.45) is 0 Å². The molecular formula is C26H33F2N5O5. The second-order valence-corrected chi connectivity index (χ2v) is 11.3. The van der Waals surface area contributed by atoms with Crippen LogP contribution in [0.4, 0.5) is 19.4 Å². The first kappa shape index (κ1) is 27.3. The lowest BCUT2D eigenvalue weighted by Gasteiger charge is -2.39. The Hall–Kier alpha value is -3.70. The molecule has 1 saturated heterocycles. The predicted octanol–water partition coefficient (Wildman–Crippen LogP) is 2.82. The van der Waals surface area contributed by atoms with Crippen LogP contribution in [0, 0.1) is 11.6 Å². The number of carbonyl (C=O) groups is 2. The normalized spacial score (nSPS) is 17.1. The topological polar surface area (TPSA) is 106 Å². The minimum atomic E-state index is -0.979. The first-order valence-electron chi connectivity index (χ1n) is 12.4. The van der Waals surface area contributed by atoms with E-state index in [1.165, 1.54) is 10.6 Å². The number of amides is 2. The molecular weight excluding hydrogens is 500 g/mol. The predicted molar refractivity (Wildman–Crippen MR) is 135 cm³/mol. The highest BCUT2D eigenvalue weighted by molar-refractivity contribution is 5.79. The molecule has 1 N–H and O–H groups in total. The molecule has 0 radical (unpaired) electrons. The summed E-state index contributed by atoms with van der Waals surface area (Å²) in [5.41, 5.74) is -1.54. The Bertz CT molecular complexity index is 1290. The number of ether oxygens (including phenoxy) is 2. The third-order valence-corrected chi connectivity index (χ3v) is 6.29. The molecule has 1 unspecified atom stereocenters. The van der Waals surface area contributed by atoms with E-state index < -0.39 is 34.6 Å². The summed E-state index contributed by atoms with van der Waals surface area (Å²) in [5, 5.41) is 2.76. The number of carbonyl (C=O) groups excluding carboxylic acids is 2. The van der Waals surface area contributed by atoms with Crippen molar-refractivity contribution in [3.05, 3.63) is 51.9 Å². The average Bonchev–Trinajstić information content (AvgIpc) is 3.16. The summed E-state index contributed by atoms with van der Waals surface area (Å²) in [5.74, 6) is -1.32. The Labute approximate surface area is 219 Å². The summed E-state index contributed by atoms with van der Waals surface area (Å²) in [6.07, 6.45) is -0.490. The molecule has 1 aromatic heterocycles. The van der Waals surface area contributed by atoms with Crippen molar-refractivity contribution in [3.8, 4) is 5.88 Å². The van der Waals surface area contributed by atoms with Gasteiger partial charge in [-0.1, -0.05) is 6.07 Å². The van der Waals surface area contributed by atoms with Crippen molar-refractivity contribution in [2.75, 3.05) is 24.5 Å². The smallest absolute Gasteiger partial charge is 0.408 e. The molecule has 2 amide bonds. The molecule has 0 aliphatic carbocycles. The van der Waals surface area contributed by atoms with Gasteiger partial charge in [0, 0.05) is 37.7 Å². The average molecular weight is 534 g/mol. The molecule has 206 valence electrons. The number of fused-ring (bicyclic) bond motifs is 3. The zero-order valence-corrected chi connectivity index (χ0v) is 22.2. The minimum absolute atomic E-state index is 0.0775. The maximum atomic E-state index is 13.5. The monoisotopic (exact) mass is 533 g/mol. The number of halogens is 2. The Balaban J connectivity index is 1.37. The van der Waals surface area contributed by atoms with Gasteiger partial charge in [-0.3, -0.25) is 9.36 Å². The summed E-state index contributed by atoms with van der Waals surface area (Å²) in [6, 6.07) is 4.97. The van der Waals surface area contributed by atoms with E-state index in [9.17, 15) is 23.2 Å². The molecule has 10 nitrogen and oxygen atoms in total. The van der Waals surface area contributed by atoms with Crippen LogP contribution < -0.4 is 20.6 Å². The quantitative estimate of drug-likeness (QED) is 0.609. The standard InChI is InChI=1S/C26H33F2N5O5/c1-25(2,3)38-24(36)30-26(4,5)12-22(34)31-8-9-32-17(13-31)14-33-21(32)11-20(29-23(33)35)37-15-16-6-7-18(27)19(28)10-16/h6-7,10-11,17H,8-9,12-15H2,1-5H3,(H,30,36). The second kappa shape index (κ2) is 10.2. The van der Waals surface area contributed by atoms with Crippen LogP contribution in [-0.4, -0.2) is 63.3 Å². The van der Waals surface area contributed by atoms with E-state index in [4.69, 9.17) is 9.47 Å². The number of rotatable bonds is 6. The molecule has 1 atom stereocenters. The molecule has 2 aliphatic rings. The van der Waals surface area contributed by atoms with Gasteiger partial charge in [-0.2, -0.15) is 4.98 Å². The first-order valence-corrected chi connectivity index (χ1v) is 12.4. The number of alkyl carbamates (subject to hydrolysis) is 1. The van der Waals surface area contributed by atoms with Gasteiger partial charge in [0.25, 0.3) is 0 Å². The zero-order valence-electron chi connectivity index (χ0n) is 22.2. The molecule has 38 heavy (non-hydrogen) atoms. The number of aromatic nitrogens is 2. The van der Waals surface area contributed by atoms with E-state index in [0.717, 1.165) is 12.1 Å². The van der Waals surface area contributed by atoms with E-state index in [0.29, 0.717) is 37.6 Å². The van der Waals surface area contributed by atoms with Crippen molar-refractivity contribution in [3.63, 3.8) is 0 Å². The number of piperazine rings is 1. The van der Waals surface area contributed by atoms with Gasteiger partial charge in [-0.15, -0.1) is 0 Å². The van der Waals surface area contributed by atoms with Gasteiger partial charge in [0.05, 0.1) is 12.6 Å². The van der Waals surface area contributed by atoms with Crippen LogP contribution in [0.1, 0.15) is 46.6 Å². The highest BCUT2D eigenvalue weighted by Crippen LogP contribution is 2.30. The van der Waals surface area contributed by atoms with Gasteiger partial charge in [-0.05, 0) is 52.3 Å². The molecule has 2 aliphatic heterocycles. The maximum Gasteiger partial charge on any atom is 0.408 e. The van der Waals surface area contributed by atoms with Crippen LogP contribution >= 0.6 is 0 Å². The van der Waals surface area contributed by atoms with Gasteiger partial charge in [0.15, 0.2) is 11.6 Å². The van der Waals surface area contributed by atoms with Crippen LogP contribution in [0.25, 0.3) is 0 Å². The number of hydrogen-bond acceptors (Lipinski definition) is 7. The SMILES string of the molecule is CC(C)(CC(=O)N1CCN2c3cc(OCc4ccc(F)c(F)c4)nc(=O)n3CC2C1)NC(=O)OC(C)(C)C. The van der Waals surface area contributed by atoms with Crippen molar-refractivity contribution in [2.45, 2.75) is 71.4 Å². The van der Waals surface area contributed by atoms with Crippen molar-refractivity contribution in [1.29, 1.82) is 0 Å². The highest BCUT2D eigenvalue weighted by Gasteiger charge is 2.38. The fourth-order valence-corrected chi connectivity index (χ4v) is 4.61. The lowest BCUT2D eigenvalue weighted by molar-refractivity contribution is -0.133. The largest absolute Gasteiger partial charge is 0.473 e. The second-order valence-electron chi connectivity index (χ2n) is 11.3. The van der Waals surface area contributed by atoms with E-state index in [1.54, 1.807) is 45.6 Å². The van der Waals surface area contributed by atoms with Crippen molar-refractivity contribution >= 4 is 17.8 Å². The van der Waals surface area contributed by atoms with E-state index in [1.807, 2.05) is 4.90 Å². The Morgan fingerprint density at radius 1 is 1.08 bits per heavy atom. The van der Waals surface area contributed by atoms with Crippen molar-refractivity contribution in [1.82, 2.24) is 19.8 Å². The van der Waals surface area contributed by atoms with Crippen LogP contribution in [0.5, 0.6) is 5.88 Å². The first-order chi connectivity index (χ1) is 17.7. The van der Waals surface area contributed by atoms with Gasteiger partial charge in [0.2, 0.25) is 11.8 Å². The van der Waals surface area contributed by atoms with Crippen LogP contribution in [0.3, 0.4) is 0 Å². The molecule has 1 aromatic carbocycles. The molecule has 4 rings (SSSR count). The molecule has 2 aromatic rings. The summed E-state index contributed by atoms with van der Waals surface area (Å²) in [7, 11) is 0. The lowest BCUT2D eigenvalue weighted by atomic mass is 9.99. The number of nitrogens with one attached hydrogen (secondary N) is 1. The van der Waals surface area contributed by atoms with Gasteiger partial charge >= 0.3 is 11.8 Å². The number of nitrogens with zero attached hydrogens (tertiary/aromatic N) is 4. The summed E-state index contributed by atoms with van der Waals surface area (Å²) in [4.78, 5) is 45.7. The van der Waals surface area contributed by atoms with Crippen LogP contribution in [-0.2, 0) is 22.7 Å². The van der Waals surface area contributed by atoms with Crippen LogP contribution in [0.15, 0.2) is 29.1 Å². The molecule has 0 spiro atoms. The third kappa shape index (κ3) is 6.40. The number of benzene rings is 1. The van der Waals surface area contributed by atoms with Gasteiger partial charge in [-0.25, -0.2) is 18.4 Å². The molecule has 0 saturated carbocycles. The molecule has 0 bridgehead atoms. The molecule has 3 heterocycles. The Morgan fingerprint density at radius 2 is 1.82 bits per heavy atom. The number of hydrogen-bond donors (Lipinski definition) is 1. The maximum absolute atomic E-state index is 13.5. The highest BCUT2D eigenvalue weighted by atomic mass is 19.2. The Kier molecular flexibility index (Phi) is 7.35. The summed E-state index contributed by atoms with van der Waals surface area (Å²) >= 11 is 0.